The third-order valence-electron chi connectivity index (χ3n) is 5.17. The van der Waals surface area contributed by atoms with Gasteiger partial charge in [-0.25, -0.2) is 4.79 Å². The zero-order valence-corrected chi connectivity index (χ0v) is 27.1. The molecule has 4 rings (SSSR count). The first-order valence-corrected chi connectivity index (χ1v) is 14.5. The van der Waals surface area contributed by atoms with E-state index in [-0.39, 0.29) is 42.8 Å². The number of fused-ring (bicyclic) bond motifs is 2. The van der Waals surface area contributed by atoms with E-state index in [1.165, 1.54) is 0 Å². The molecule has 2 unspecified atom stereocenters. The van der Waals surface area contributed by atoms with Crippen LogP contribution in [0.5, 0.6) is 11.5 Å². The zero-order valence-electron chi connectivity index (χ0n) is 15.5. The van der Waals surface area contributed by atoms with E-state index < -0.39 is 17.8 Å². The molecule has 33 heavy (non-hydrogen) atoms. The number of hydrogen-bond donors (Lipinski definition) is 2. The van der Waals surface area contributed by atoms with Gasteiger partial charge in [0.15, 0.2) is 0 Å². The molecule has 1 heterocycles. The van der Waals surface area contributed by atoms with Gasteiger partial charge in [-0.2, -0.15) is 0 Å². The number of phenolic OH excluding ortho intramolecular Hbond substituents is 1. The van der Waals surface area contributed by atoms with Crippen LogP contribution in [0.2, 0.25) is 20.1 Å². The summed E-state index contributed by atoms with van der Waals surface area (Å²) in [6.45, 7) is 0. The SMILES string of the molecule is O=C1C(I)=CC2C(=C1I)Oc1c(cc(I)c(O)c1I)C2c1c(Cl)c(Cl)c(Cl)c(Cl)c1C(=O)O. The fourth-order valence-electron chi connectivity index (χ4n) is 3.77. The largest absolute Gasteiger partial charge is 0.506 e. The normalized spacial score (nSPS) is 19.6. The number of aromatic hydroxyl groups is 1. The Balaban J connectivity index is 2.19. The van der Waals surface area contributed by atoms with E-state index in [1.807, 2.05) is 90.4 Å². The number of halogens is 8. The van der Waals surface area contributed by atoms with Crippen molar-refractivity contribution in [2.24, 2.45) is 5.92 Å². The summed E-state index contributed by atoms with van der Waals surface area (Å²) in [6, 6.07) is 1.69. The molecule has 2 aromatic carbocycles. The number of benzene rings is 2. The van der Waals surface area contributed by atoms with E-state index in [0.717, 1.165) is 0 Å². The maximum absolute atomic E-state index is 12.7. The summed E-state index contributed by atoms with van der Waals surface area (Å²) in [6.07, 6.45) is 1.71. The summed E-state index contributed by atoms with van der Waals surface area (Å²) in [7, 11) is 0. The molecule has 0 radical (unpaired) electrons. The number of rotatable bonds is 2. The van der Waals surface area contributed by atoms with Gasteiger partial charge < -0.3 is 14.9 Å². The molecular weight excluding hydrogens is 970 g/mol. The Morgan fingerprint density at radius 3 is 2.21 bits per heavy atom. The number of aromatic carboxylic acids is 1. The van der Waals surface area contributed by atoms with Crippen LogP contribution in [0, 0.1) is 13.1 Å². The Labute approximate surface area is 261 Å². The van der Waals surface area contributed by atoms with E-state index in [4.69, 9.17) is 51.1 Å². The molecule has 1 aliphatic carbocycles. The van der Waals surface area contributed by atoms with Crippen LogP contribution in [0.1, 0.15) is 27.4 Å². The average Bonchev–Trinajstić information content (AvgIpc) is 2.76. The van der Waals surface area contributed by atoms with Crippen LogP contribution in [0.3, 0.4) is 0 Å². The second-order valence-corrected chi connectivity index (χ2v) is 12.9. The molecule has 13 heteroatoms. The first-order valence-electron chi connectivity index (χ1n) is 8.67. The fraction of sp³-hybridized carbons (Fsp3) is 0.100. The minimum absolute atomic E-state index is 0.00624. The highest BCUT2D eigenvalue weighted by atomic mass is 127. The predicted molar refractivity (Wildman–Crippen MR) is 161 cm³/mol. The van der Waals surface area contributed by atoms with Gasteiger partial charge in [-0.1, -0.05) is 52.5 Å². The Morgan fingerprint density at radius 1 is 1.00 bits per heavy atom. The number of allylic oxidation sites excluding steroid dienone is 3. The molecule has 0 spiro atoms. The van der Waals surface area contributed by atoms with Crippen molar-refractivity contribution in [1.82, 2.24) is 0 Å². The first kappa shape index (κ1) is 26.8. The molecule has 1 aliphatic heterocycles. The van der Waals surface area contributed by atoms with E-state index in [0.29, 0.717) is 31.4 Å². The smallest absolute Gasteiger partial charge is 0.337 e. The highest BCUT2D eigenvalue weighted by molar-refractivity contribution is 14.1. The molecule has 0 amide bonds. The van der Waals surface area contributed by atoms with Crippen molar-refractivity contribution in [1.29, 1.82) is 0 Å². The minimum atomic E-state index is -1.34. The second-order valence-electron chi connectivity index (χ2n) is 6.92. The molecule has 0 saturated heterocycles. The summed E-state index contributed by atoms with van der Waals surface area (Å²) in [5, 5.41) is 20.0. The van der Waals surface area contributed by atoms with Crippen molar-refractivity contribution in [2.75, 3.05) is 0 Å². The maximum Gasteiger partial charge on any atom is 0.337 e. The number of carboxylic acid groups (broad SMARTS) is 1. The molecule has 0 aromatic heterocycles. The summed E-state index contributed by atoms with van der Waals surface area (Å²) >= 11 is 33.3. The van der Waals surface area contributed by atoms with Gasteiger partial charge in [0, 0.05) is 17.4 Å². The number of carboxylic acids is 1. The van der Waals surface area contributed by atoms with Crippen LogP contribution < -0.4 is 4.74 Å². The van der Waals surface area contributed by atoms with Gasteiger partial charge in [0.1, 0.15) is 20.8 Å². The lowest BCUT2D eigenvalue weighted by Gasteiger charge is -2.38. The third-order valence-corrected chi connectivity index (χ3v) is 10.7. The van der Waals surface area contributed by atoms with Gasteiger partial charge in [-0.3, -0.25) is 4.79 Å². The van der Waals surface area contributed by atoms with Gasteiger partial charge in [0.05, 0.1) is 36.4 Å². The van der Waals surface area contributed by atoms with Crippen LogP contribution in [0.15, 0.2) is 25.1 Å². The lowest BCUT2D eigenvalue weighted by atomic mass is 9.74. The average molecular weight is 976 g/mol. The fourth-order valence-corrected chi connectivity index (χ4v) is 8.60. The Kier molecular flexibility index (Phi) is 8.03. The molecule has 0 fully saturated rings. The topological polar surface area (TPSA) is 83.8 Å². The Bertz CT molecular complexity index is 1360. The molecule has 2 aromatic rings. The Morgan fingerprint density at radius 2 is 1.61 bits per heavy atom. The van der Waals surface area contributed by atoms with Crippen LogP contribution >= 0.6 is 137 Å². The monoisotopic (exact) mass is 974 g/mol. The molecule has 2 N–H and O–H groups in total. The van der Waals surface area contributed by atoms with E-state index in [9.17, 15) is 19.8 Å². The van der Waals surface area contributed by atoms with Crippen molar-refractivity contribution < 1.29 is 24.5 Å². The van der Waals surface area contributed by atoms with Gasteiger partial charge in [0.25, 0.3) is 0 Å². The third kappa shape index (κ3) is 4.31. The van der Waals surface area contributed by atoms with E-state index in [2.05, 4.69) is 0 Å². The van der Waals surface area contributed by atoms with E-state index in [1.54, 1.807) is 12.1 Å². The quantitative estimate of drug-likeness (QED) is 0.179. The van der Waals surface area contributed by atoms with Crippen molar-refractivity contribution in [3.8, 4) is 11.5 Å². The van der Waals surface area contributed by atoms with Crippen LogP contribution in [-0.4, -0.2) is 22.0 Å². The van der Waals surface area contributed by atoms with Crippen LogP contribution in [0.4, 0.5) is 0 Å². The zero-order chi connectivity index (χ0) is 24.5. The molecule has 0 bridgehead atoms. The Hall–Kier alpha value is 0.740. The number of Topliss-reactive ketones (excluding diaryl/α,β-unsaturated/α-hetero) is 1. The minimum Gasteiger partial charge on any atom is -0.506 e. The van der Waals surface area contributed by atoms with Gasteiger partial charge >= 0.3 is 5.97 Å². The standard InChI is InChI=1S/C20H6Cl4I4O5/c21-10-8(9(20(31)32)11(22)13(24)12(10)23)7-3-1-5(25)16(29)14(27)18(3)33-19-4(7)2-6(26)17(30)15(19)28/h1-3,7,30H,(H,31,32). The highest BCUT2D eigenvalue weighted by Gasteiger charge is 2.45. The first-order chi connectivity index (χ1) is 15.4. The van der Waals surface area contributed by atoms with Crippen molar-refractivity contribution in [3.63, 3.8) is 0 Å². The summed E-state index contributed by atoms with van der Waals surface area (Å²) in [5.74, 6) is -2.26. The van der Waals surface area contributed by atoms with Crippen molar-refractivity contribution in [2.45, 2.75) is 5.92 Å². The molecule has 2 aliphatic rings. The molecule has 0 saturated carbocycles. The second kappa shape index (κ2) is 9.89. The number of ketones is 1. The summed E-state index contributed by atoms with van der Waals surface area (Å²) in [5.41, 5.74) is 0.418. The van der Waals surface area contributed by atoms with E-state index >= 15 is 0 Å². The van der Waals surface area contributed by atoms with Gasteiger partial charge in [-0.15, -0.1) is 0 Å². The molecular formula is C20H6Cl4I4O5. The number of carbonyl (C=O) groups excluding carboxylic acids is 1. The molecule has 5 nitrogen and oxygen atoms in total. The summed E-state index contributed by atoms with van der Waals surface area (Å²) < 4.78 is 7.88. The van der Waals surface area contributed by atoms with Crippen LogP contribution in [0.25, 0.3) is 0 Å². The number of carbonyl (C=O) groups is 2. The van der Waals surface area contributed by atoms with Gasteiger partial charge in [-0.05, 0) is 102 Å². The molecule has 172 valence electrons. The number of hydrogen-bond acceptors (Lipinski definition) is 4. The van der Waals surface area contributed by atoms with Gasteiger partial charge in [0.2, 0.25) is 5.78 Å². The summed E-state index contributed by atoms with van der Waals surface area (Å²) in [4.78, 5) is 25.0. The predicted octanol–water partition coefficient (Wildman–Crippen LogP) is 8.60. The van der Waals surface area contributed by atoms with Crippen LogP contribution in [-0.2, 0) is 4.79 Å². The highest BCUT2D eigenvalue weighted by Crippen LogP contribution is 2.57. The number of ether oxygens (including phenoxy) is 1. The van der Waals surface area contributed by atoms with Crippen molar-refractivity contribution in [3.05, 3.63) is 69.0 Å². The number of phenols is 1. The van der Waals surface area contributed by atoms with Crippen molar-refractivity contribution >= 4 is 149 Å². The lowest BCUT2D eigenvalue weighted by molar-refractivity contribution is -0.111. The molecule has 2 atom stereocenters. The maximum atomic E-state index is 12.7. The lowest BCUT2D eigenvalue weighted by Crippen LogP contribution is -2.30.